The molecule has 1 aromatic rings. The first-order valence-corrected chi connectivity index (χ1v) is 8.78. The van der Waals surface area contributed by atoms with E-state index in [1.807, 2.05) is 6.92 Å². The van der Waals surface area contributed by atoms with E-state index in [1.165, 1.54) is 13.1 Å². The molecule has 9 heteroatoms. The van der Waals surface area contributed by atoms with Crippen LogP contribution in [0.1, 0.15) is 43.2 Å². The minimum atomic E-state index is -3.80. The molecule has 1 aliphatic rings. The van der Waals surface area contributed by atoms with Crippen molar-refractivity contribution in [2.45, 2.75) is 43.2 Å². The third-order valence-electron chi connectivity index (χ3n) is 4.23. The van der Waals surface area contributed by atoms with E-state index in [4.69, 9.17) is 4.42 Å². The molecule has 1 fully saturated rings. The van der Waals surface area contributed by atoms with Gasteiger partial charge < -0.3 is 14.8 Å². The molecule has 0 radical (unpaired) electrons. The fourth-order valence-electron chi connectivity index (χ4n) is 2.61. The molecule has 0 spiro atoms. The quantitative estimate of drug-likeness (QED) is 0.730. The van der Waals surface area contributed by atoms with Gasteiger partial charge in [0.2, 0.25) is 5.09 Å². The molecular formula is C14H20N2O6S. The number of nitrogens with one attached hydrogen (secondary N) is 2. The number of aliphatic carboxylic acids is 1. The Hall–Kier alpha value is -1.87. The predicted molar refractivity (Wildman–Crippen MR) is 80.4 cm³/mol. The summed E-state index contributed by atoms with van der Waals surface area (Å²) in [6.07, 6.45) is 2.06. The molecule has 1 aliphatic carbocycles. The molecule has 0 aromatic carbocycles. The van der Waals surface area contributed by atoms with E-state index in [0.717, 1.165) is 6.07 Å². The van der Waals surface area contributed by atoms with Crippen LogP contribution in [0.2, 0.25) is 0 Å². The van der Waals surface area contributed by atoms with Crippen molar-refractivity contribution in [1.29, 1.82) is 0 Å². The lowest BCUT2D eigenvalue weighted by Crippen LogP contribution is -2.56. The molecule has 128 valence electrons. The van der Waals surface area contributed by atoms with Gasteiger partial charge in [-0.25, -0.2) is 17.9 Å². The summed E-state index contributed by atoms with van der Waals surface area (Å²) in [5, 5.41) is 11.6. The molecule has 3 N–H and O–H groups in total. The van der Waals surface area contributed by atoms with E-state index in [0.29, 0.717) is 31.6 Å². The first-order valence-electron chi connectivity index (χ1n) is 7.29. The van der Waals surface area contributed by atoms with Crippen molar-refractivity contribution in [3.63, 3.8) is 0 Å². The zero-order valence-corrected chi connectivity index (χ0v) is 13.8. The Bertz CT molecular complexity index is 701. The zero-order valence-electron chi connectivity index (χ0n) is 13.0. The van der Waals surface area contributed by atoms with Gasteiger partial charge in [-0.3, -0.25) is 4.79 Å². The Morgan fingerprint density at radius 1 is 1.30 bits per heavy atom. The first kappa shape index (κ1) is 17.5. The van der Waals surface area contributed by atoms with Crippen LogP contribution in [0.3, 0.4) is 0 Å². The average Bonchev–Trinajstić information content (AvgIpc) is 3.00. The van der Waals surface area contributed by atoms with Gasteiger partial charge in [0.05, 0.1) is 0 Å². The van der Waals surface area contributed by atoms with Crippen molar-refractivity contribution in [3.8, 4) is 0 Å². The highest BCUT2D eigenvalue weighted by Crippen LogP contribution is 2.32. The second-order valence-electron chi connectivity index (χ2n) is 5.85. The molecular weight excluding hydrogens is 324 g/mol. The summed E-state index contributed by atoms with van der Waals surface area (Å²) in [6.45, 7) is 2.04. The van der Waals surface area contributed by atoms with Crippen molar-refractivity contribution in [2.24, 2.45) is 5.92 Å². The van der Waals surface area contributed by atoms with Crippen molar-refractivity contribution in [3.05, 3.63) is 17.9 Å². The monoisotopic (exact) mass is 344 g/mol. The van der Waals surface area contributed by atoms with E-state index in [1.54, 1.807) is 0 Å². The first-order chi connectivity index (χ1) is 10.7. The maximum absolute atomic E-state index is 12.2. The summed E-state index contributed by atoms with van der Waals surface area (Å²) in [6, 6.07) is 2.36. The number of sulfonamides is 1. The third-order valence-corrected chi connectivity index (χ3v) is 5.52. The summed E-state index contributed by atoms with van der Waals surface area (Å²) in [4.78, 5) is 23.9. The van der Waals surface area contributed by atoms with E-state index >= 15 is 0 Å². The summed E-state index contributed by atoms with van der Waals surface area (Å²) in [5.74, 6) is -1.65. The van der Waals surface area contributed by atoms with Gasteiger partial charge in [-0.15, -0.1) is 0 Å². The minimum Gasteiger partial charge on any atom is -0.480 e. The van der Waals surface area contributed by atoms with Crippen molar-refractivity contribution in [1.82, 2.24) is 10.0 Å². The minimum absolute atomic E-state index is 0.238. The largest absolute Gasteiger partial charge is 0.480 e. The lowest BCUT2D eigenvalue weighted by Gasteiger charge is -2.36. The van der Waals surface area contributed by atoms with Crippen LogP contribution < -0.4 is 10.0 Å². The molecule has 0 bridgehead atoms. The fourth-order valence-corrected chi connectivity index (χ4v) is 3.26. The third kappa shape index (κ3) is 3.56. The average molecular weight is 344 g/mol. The van der Waals surface area contributed by atoms with Gasteiger partial charge in [-0.2, -0.15) is 0 Å². The summed E-state index contributed by atoms with van der Waals surface area (Å²) < 4.78 is 30.3. The van der Waals surface area contributed by atoms with Gasteiger partial charge in [-0.1, -0.05) is 6.92 Å². The fraction of sp³-hybridized carbons (Fsp3) is 0.571. The molecule has 0 atom stereocenters. The van der Waals surface area contributed by atoms with Gasteiger partial charge in [0, 0.05) is 0 Å². The standard InChI is InChI=1S/C14H20N2O6S/c1-9-5-7-14(8-6-9,13(18)19)16-12(17)10-3-4-11(22-10)23(20,21)15-2/h3-4,9,15H,5-8H2,1-2H3,(H,16,17)(H,18,19). The number of carboxylic acid groups (broad SMARTS) is 1. The molecule has 1 aromatic heterocycles. The highest BCUT2D eigenvalue weighted by Gasteiger charge is 2.43. The number of amides is 1. The summed E-state index contributed by atoms with van der Waals surface area (Å²) >= 11 is 0. The van der Waals surface area contributed by atoms with E-state index in [-0.39, 0.29) is 5.76 Å². The lowest BCUT2D eigenvalue weighted by atomic mass is 9.77. The molecule has 0 aliphatic heterocycles. The number of carbonyl (C=O) groups is 2. The van der Waals surface area contributed by atoms with Gasteiger partial charge >= 0.3 is 5.97 Å². The van der Waals surface area contributed by atoms with Crippen LogP contribution in [0.15, 0.2) is 21.6 Å². The molecule has 23 heavy (non-hydrogen) atoms. The highest BCUT2D eigenvalue weighted by molar-refractivity contribution is 7.89. The summed E-state index contributed by atoms with van der Waals surface area (Å²) in [5.41, 5.74) is -1.33. The molecule has 8 nitrogen and oxygen atoms in total. The highest BCUT2D eigenvalue weighted by atomic mass is 32.2. The van der Waals surface area contributed by atoms with E-state index in [2.05, 4.69) is 10.0 Å². The van der Waals surface area contributed by atoms with Gasteiger partial charge in [0.1, 0.15) is 5.54 Å². The van der Waals surface area contributed by atoms with Crippen LogP contribution in [0.25, 0.3) is 0 Å². The van der Waals surface area contributed by atoms with Gasteiger partial charge in [-0.05, 0) is 50.8 Å². The molecule has 0 unspecified atom stereocenters. The maximum Gasteiger partial charge on any atom is 0.329 e. The number of furan rings is 1. The van der Waals surface area contributed by atoms with Crippen LogP contribution >= 0.6 is 0 Å². The Labute approximate surface area is 134 Å². The van der Waals surface area contributed by atoms with Crippen LogP contribution in [-0.4, -0.2) is 38.0 Å². The number of carboxylic acids is 1. The smallest absolute Gasteiger partial charge is 0.329 e. The number of hydrogen-bond donors (Lipinski definition) is 3. The molecule has 1 amide bonds. The number of rotatable bonds is 5. The van der Waals surface area contributed by atoms with Crippen molar-refractivity contribution < 1.29 is 27.5 Å². The lowest BCUT2D eigenvalue weighted by molar-refractivity contribution is -0.146. The van der Waals surface area contributed by atoms with Crippen LogP contribution in [-0.2, 0) is 14.8 Å². The van der Waals surface area contributed by atoms with Crippen LogP contribution in [0, 0.1) is 5.92 Å². The molecule has 1 saturated carbocycles. The van der Waals surface area contributed by atoms with Crippen LogP contribution in [0.5, 0.6) is 0 Å². The second-order valence-corrected chi connectivity index (χ2v) is 7.67. The maximum atomic E-state index is 12.2. The molecule has 1 heterocycles. The van der Waals surface area contributed by atoms with Gasteiger partial charge in [0.15, 0.2) is 5.76 Å². The van der Waals surface area contributed by atoms with Crippen molar-refractivity contribution >= 4 is 21.9 Å². The van der Waals surface area contributed by atoms with E-state index < -0.39 is 32.5 Å². The number of hydrogen-bond acceptors (Lipinski definition) is 5. The Morgan fingerprint density at radius 2 is 1.91 bits per heavy atom. The topological polar surface area (TPSA) is 126 Å². The Balaban J connectivity index is 2.19. The van der Waals surface area contributed by atoms with Crippen molar-refractivity contribution in [2.75, 3.05) is 7.05 Å². The Morgan fingerprint density at radius 3 is 2.43 bits per heavy atom. The summed E-state index contributed by atoms with van der Waals surface area (Å²) in [7, 11) is -2.57. The zero-order chi connectivity index (χ0) is 17.3. The Kier molecular flexibility index (Phi) is 4.81. The predicted octanol–water partition coefficient (Wildman–Crippen LogP) is 0.951. The van der Waals surface area contributed by atoms with E-state index in [9.17, 15) is 23.1 Å². The molecule has 2 rings (SSSR count). The second kappa shape index (κ2) is 6.32. The number of carbonyl (C=O) groups excluding carboxylic acids is 1. The SMILES string of the molecule is CNS(=O)(=O)c1ccc(C(=O)NC2(C(=O)O)CCC(C)CC2)o1. The van der Waals surface area contributed by atoms with Gasteiger partial charge in [0.25, 0.3) is 15.9 Å². The normalized spacial score (nSPS) is 25.0. The van der Waals surface area contributed by atoms with Crippen LogP contribution in [0.4, 0.5) is 0 Å². The molecule has 0 saturated heterocycles.